The van der Waals surface area contributed by atoms with Crippen LogP contribution in [0.5, 0.6) is 0 Å². The lowest BCUT2D eigenvalue weighted by Crippen LogP contribution is -2.58. The molecule has 21 heavy (non-hydrogen) atoms. The van der Waals surface area contributed by atoms with Crippen molar-refractivity contribution in [1.82, 2.24) is 4.98 Å². The second-order valence-electron chi connectivity index (χ2n) is 6.11. The Balaban J connectivity index is 1.64. The minimum Gasteiger partial charge on any atom is -0.382 e. The predicted octanol–water partition coefficient (Wildman–Crippen LogP) is 4.43. The maximum absolute atomic E-state index is 5.78. The van der Waals surface area contributed by atoms with Gasteiger partial charge in [0.05, 0.1) is 6.10 Å². The number of anilines is 1. The lowest BCUT2D eigenvalue weighted by molar-refractivity contribution is -0.0975. The van der Waals surface area contributed by atoms with Gasteiger partial charge in [-0.2, -0.15) is 0 Å². The summed E-state index contributed by atoms with van der Waals surface area (Å²) in [5.74, 6) is 0. The summed E-state index contributed by atoms with van der Waals surface area (Å²) in [4.78, 5) is 4.34. The van der Waals surface area contributed by atoms with E-state index >= 15 is 0 Å². The van der Waals surface area contributed by atoms with Crippen molar-refractivity contribution in [3.05, 3.63) is 35.8 Å². The van der Waals surface area contributed by atoms with Gasteiger partial charge < -0.3 is 10.1 Å². The molecule has 3 rings (SSSR count). The zero-order chi connectivity index (χ0) is 14.9. The summed E-state index contributed by atoms with van der Waals surface area (Å²) in [6.45, 7) is 7.41. The van der Waals surface area contributed by atoms with Gasteiger partial charge in [0.25, 0.3) is 0 Å². The molecule has 0 bridgehead atoms. The van der Waals surface area contributed by atoms with E-state index < -0.39 is 0 Å². The van der Waals surface area contributed by atoms with E-state index in [0.717, 1.165) is 18.0 Å². The van der Waals surface area contributed by atoms with Crippen LogP contribution in [0.4, 0.5) is 5.69 Å². The largest absolute Gasteiger partial charge is 0.382 e. The summed E-state index contributed by atoms with van der Waals surface area (Å²) in [7, 11) is 0. The molecule has 4 heteroatoms. The van der Waals surface area contributed by atoms with Gasteiger partial charge in [-0.05, 0) is 37.6 Å². The first-order chi connectivity index (χ1) is 10.1. The zero-order valence-corrected chi connectivity index (χ0v) is 13.6. The van der Waals surface area contributed by atoms with E-state index in [0.29, 0.717) is 12.1 Å². The van der Waals surface area contributed by atoms with Gasteiger partial charge in [0.2, 0.25) is 0 Å². The Kier molecular flexibility index (Phi) is 4.00. The van der Waals surface area contributed by atoms with Crippen LogP contribution in [0.15, 0.2) is 35.8 Å². The molecule has 2 atom stereocenters. The molecule has 112 valence electrons. The van der Waals surface area contributed by atoms with Gasteiger partial charge in [0.1, 0.15) is 5.01 Å². The van der Waals surface area contributed by atoms with Crippen molar-refractivity contribution >= 4 is 17.0 Å². The fourth-order valence-electron chi connectivity index (χ4n) is 2.89. The minimum absolute atomic E-state index is 0.185. The average Bonchev–Trinajstić information content (AvgIpc) is 3.01. The molecule has 0 aliphatic heterocycles. The smallest absolute Gasteiger partial charge is 0.123 e. The quantitative estimate of drug-likeness (QED) is 0.887. The van der Waals surface area contributed by atoms with Gasteiger partial charge in [-0.15, -0.1) is 11.3 Å². The summed E-state index contributed by atoms with van der Waals surface area (Å²) in [5, 5.41) is 6.71. The Morgan fingerprint density at radius 3 is 2.67 bits per heavy atom. The first-order valence-corrected chi connectivity index (χ1v) is 8.37. The molecule has 1 N–H and O–H groups in total. The molecule has 1 saturated carbocycles. The molecule has 1 aliphatic rings. The Labute approximate surface area is 130 Å². The number of nitrogens with zero attached hydrogens (tertiary/aromatic N) is 1. The van der Waals surface area contributed by atoms with E-state index in [4.69, 9.17) is 4.74 Å². The third-order valence-electron chi connectivity index (χ3n) is 4.45. The molecule has 1 aromatic heterocycles. The highest BCUT2D eigenvalue weighted by Crippen LogP contribution is 2.44. The molecule has 2 aromatic rings. The topological polar surface area (TPSA) is 34.1 Å². The van der Waals surface area contributed by atoms with E-state index in [1.807, 2.05) is 11.6 Å². The Morgan fingerprint density at radius 2 is 2.10 bits per heavy atom. The van der Waals surface area contributed by atoms with E-state index in [1.165, 1.54) is 11.3 Å². The minimum atomic E-state index is 0.185. The van der Waals surface area contributed by atoms with Crippen LogP contribution in [0.2, 0.25) is 0 Å². The van der Waals surface area contributed by atoms with Gasteiger partial charge in [0, 0.05) is 40.9 Å². The van der Waals surface area contributed by atoms with Gasteiger partial charge in [0.15, 0.2) is 0 Å². The summed E-state index contributed by atoms with van der Waals surface area (Å²) >= 11 is 1.67. The summed E-state index contributed by atoms with van der Waals surface area (Å²) in [6, 6.07) is 9.02. The van der Waals surface area contributed by atoms with Crippen LogP contribution in [0.25, 0.3) is 10.6 Å². The molecule has 2 unspecified atom stereocenters. The number of nitrogens with one attached hydrogen (secondary N) is 1. The molecule has 0 amide bonds. The normalized spacial score (nSPS) is 23.6. The molecule has 0 saturated heterocycles. The zero-order valence-electron chi connectivity index (χ0n) is 12.8. The molecule has 1 aliphatic carbocycles. The number of aromatic nitrogens is 1. The van der Waals surface area contributed by atoms with E-state index in [-0.39, 0.29) is 5.41 Å². The van der Waals surface area contributed by atoms with Crippen molar-refractivity contribution in [2.24, 2.45) is 5.41 Å². The first kappa shape index (κ1) is 14.5. The standard InChI is InChI=1S/C17H22N2OS/c1-4-20-15-11-14(17(15,2)3)19-13-7-5-12(6-8-13)16-18-9-10-21-16/h5-10,14-15,19H,4,11H2,1-3H3. The van der Waals surface area contributed by atoms with Crippen LogP contribution < -0.4 is 5.32 Å². The van der Waals surface area contributed by atoms with Gasteiger partial charge in [-0.3, -0.25) is 0 Å². The highest BCUT2D eigenvalue weighted by molar-refractivity contribution is 7.13. The van der Waals surface area contributed by atoms with Crippen LogP contribution in [0.1, 0.15) is 27.2 Å². The predicted molar refractivity (Wildman–Crippen MR) is 88.8 cm³/mol. The Morgan fingerprint density at radius 1 is 1.33 bits per heavy atom. The third kappa shape index (κ3) is 2.83. The maximum atomic E-state index is 5.78. The molecule has 0 spiro atoms. The van der Waals surface area contributed by atoms with Crippen molar-refractivity contribution in [3.63, 3.8) is 0 Å². The van der Waals surface area contributed by atoms with Gasteiger partial charge in [-0.1, -0.05) is 13.8 Å². The molecule has 1 heterocycles. The van der Waals surface area contributed by atoms with Crippen LogP contribution in [-0.4, -0.2) is 23.7 Å². The van der Waals surface area contributed by atoms with Crippen molar-refractivity contribution in [2.45, 2.75) is 39.3 Å². The van der Waals surface area contributed by atoms with E-state index in [1.54, 1.807) is 11.3 Å². The van der Waals surface area contributed by atoms with Crippen LogP contribution in [-0.2, 0) is 4.74 Å². The molecule has 1 aromatic carbocycles. The molecule has 3 nitrogen and oxygen atoms in total. The SMILES string of the molecule is CCOC1CC(Nc2ccc(-c3nccs3)cc2)C1(C)C. The fourth-order valence-corrected chi connectivity index (χ4v) is 3.54. The average molecular weight is 302 g/mol. The van der Waals surface area contributed by atoms with Gasteiger partial charge >= 0.3 is 0 Å². The third-order valence-corrected chi connectivity index (χ3v) is 5.27. The summed E-state index contributed by atoms with van der Waals surface area (Å²) < 4.78 is 5.78. The lowest BCUT2D eigenvalue weighted by atomic mass is 9.64. The van der Waals surface area contributed by atoms with Crippen molar-refractivity contribution in [1.29, 1.82) is 0 Å². The summed E-state index contributed by atoms with van der Waals surface area (Å²) in [6.07, 6.45) is 3.29. The monoisotopic (exact) mass is 302 g/mol. The highest BCUT2D eigenvalue weighted by atomic mass is 32.1. The van der Waals surface area contributed by atoms with Crippen LogP contribution in [0.3, 0.4) is 0 Å². The molecular weight excluding hydrogens is 280 g/mol. The number of thiazole rings is 1. The number of rotatable bonds is 5. The fraction of sp³-hybridized carbons (Fsp3) is 0.471. The van der Waals surface area contributed by atoms with Crippen molar-refractivity contribution < 1.29 is 4.74 Å². The lowest BCUT2D eigenvalue weighted by Gasteiger charge is -2.52. The highest BCUT2D eigenvalue weighted by Gasteiger charge is 2.48. The second kappa shape index (κ2) is 5.78. The number of hydrogen-bond acceptors (Lipinski definition) is 4. The Bertz CT molecular complexity index is 577. The second-order valence-corrected chi connectivity index (χ2v) is 7.01. The number of ether oxygens (including phenoxy) is 1. The summed E-state index contributed by atoms with van der Waals surface area (Å²) in [5.41, 5.74) is 2.53. The molecular formula is C17H22N2OS. The number of hydrogen-bond donors (Lipinski definition) is 1. The van der Waals surface area contributed by atoms with E-state index in [9.17, 15) is 0 Å². The Hall–Kier alpha value is -1.39. The van der Waals surface area contributed by atoms with E-state index in [2.05, 4.69) is 55.3 Å². The van der Waals surface area contributed by atoms with Crippen LogP contribution in [0, 0.1) is 5.41 Å². The van der Waals surface area contributed by atoms with Crippen molar-refractivity contribution in [3.8, 4) is 10.6 Å². The number of benzene rings is 1. The molecule has 0 radical (unpaired) electrons. The van der Waals surface area contributed by atoms with Crippen LogP contribution >= 0.6 is 11.3 Å². The van der Waals surface area contributed by atoms with Crippen molar-refractivity contribution in [2.75, 3.05) is 11.9 Å². The first-order valence-electron chi connectivity index (χ1n) is 7.49. The van der Waals surface area contributed by atoms with Gasteiger partial charge in [-0.25, -0.2) is 4.98 Å². The molecule has 1 fully saturated rings. The maximum Gasteiger partial charge on any atom is 0.123 e.